The molecule has 11 heteroatoms. The van der Waals surface area contributed by atoms with Gasteiger partial charge in [-0.25, -0.2) is 4.39 Å². The molecule has 1 atom stereocenters. The molecule has 3 aliphatic heterocycles. The normalized spacial score (nSPS) is 20.0. The van der Waals surface area contributed by atoms with E-state index in [1.165, 1.54) is 6.08 Å². The number of anilines is 1. The number of halogens is 2. The van der Waals surface area contributed by atoms with Gasteiger partial charge < -0.3 is 19.4 Å². The summed E-state index contributed by atoms with van der Waals surface area (Å²) in [5.41, 5.74) is 2.83. The third-order valence-electron chi connectivity index (χ3n) is 9.56. The van der Waals surface area contributed by atoms with Gasteiger partial charge in [-0.1, -0.05) is 30.3 Å². The molecule has 5 heterocycles. The predicted molar refractivity (Wildman–Crippen MR) is 166 cm³/mol. The minimum atomic E-state index is -0.508. The molecule has 43 heavy (non-hydrogen) atoms. The second kappa shape index (κ2) is 10.4. The van der Waals surface area contributed by atoms with Gasteiger partial charge in [-0.2, -0.15) is 15.1 Å². The van der Waals surface area contributed by atoms with Gasteiger partial charge in [0, 0.05) is 66.6 Å². The molecule has 0 saturated carbocycles. The fraction of sp³-hybridized carbons (Fsp3) is 0.438. The lowest BCUT2D eigenvalue weighted by molar-refractivity contribution is -0.136. The zero-order valence-corrected chi connectivity index (χ0v) is 25.5. The van der Waals surface area contributed by atoms with Crippen molar-refractivity contribution in [1.29, 1.82) is 0 Å². The van der Waals surface area contributed by atoms with E-state index in [-0.39, 0.29) is 33.9 Å². The van der Waals surface area contributed by atoms with Crippen molar-refractivity contribution in [3.05, 3.63) is 53.5 Å². The summed E-state index contributed by atoms with van der Waals surface area (Å²) in [5.74, 6) is 0.0447. The molecule has 3 saturated heterocycles. The highest BCUT2D eigenvalue weighted by atomic mass is 35.5. The number of hydrogen-bond acceptors (Lipinski definition) is 7. The van der Waals surface area contributed by atoms with Crippen LogP contribution in [-0.4, -0.2) is 87.9 Å². The Hall–Kier alpha value is -3.76. The van der Waals surface area contributed by atoms with Gasteiger partial charge in [0.25, 0.3) is 0 Å². The predicted octanol–water partition coefficient (Wildman–Crippen LogP) is 4.98. The first-order valence-electron chi connectivity index (χ1n) is 14.8. The van der Waals surface area contributed by atoms with Crippen LogP contribution in [0.2, 0.25) is 5.02 Å². The molecule has 9 nitrogen and oxygen atoms in total. The number of likely N-dealkylation sites (N-methyl/N-ethyl adjacent to an activating group) is 1. The number of amides is 1. The Morgan fingerprint density at radius 1 is 1.21 bits per heavy atom. The monoisotopic (exact) mass is 603 g/mol. The van der Waals surface area contributed by atoms with Crippen LogP contribution in [0.5, 0.6) is 6.01 Å². The SMILES string of the molecule is C=CC(=O)N1CC2(CCN(c3nc(OC[C@@H]4CCCN4C)nc4c(F)c(-c5c(C)ccc6cnn(C)c56)c(Cl)cc34)C2)C1. The lowest BCUT2D eigenvalue weighted by Crippen LogP contribution is -2.59. The Balaban J connectivity index is 1.33. The summed E-state index contributed by atoms with van der Waals surface area (Å²) < 4.78 is 24.8. The van der Waals surface area contributed by atoms with Crippen LogP contribution in [0, 0.1) is 18.2 Å². The van der Waals surface area contributed by atoms with Crippen molar-refractivity contribution >= 4 is 45.1 Å². The van der Waals surface area contributed by atoms with Crippen molar-refractivity contribution in [2.45, 2.75) is 32.2 Å². The van der Waals surface area contributed by atoms with Gasteiger partial charge in [-0.3, -0.25) is 9.48 Å². The van der Waals surface area contributed by atoms with E-state index in [1.54, 1.807) is 16.9 Å². The molecular weight excluding hydrogens is 569 g/mol. The first-order valence-corrected chi connectivity index (χ1v) is 15.2. The summed E-state index contributed by atoms with van der Waals surface area (Å²) in [7, 11) is 3.93. The lowest BCUT2D eigenvalue weighted by Gasteiger charge is -2.47. The topological polar surface area (TPSA) is 79.6 Å². The van der Waals surface area contributed by atoms with Crippen molar-refractivity contribution in [2.24, 2.45) is 12.5 Å². The van der Waals surface area contributed by atoms with E-state index in [0.717, 1.165) is 48.8 Å². The van der Waals surface area contributed by atoms with Gasteiger partial charge in [0.05, 0.1) is 16.7 Å². The standard InChI is InChI=1S/C32H35ClFN7O2/c1-5-24(42)41-17-32(18-41)10-12-40(16-32)30-22-13-23(33)26(25-19(2)8-9-20-14-35-39(4)29(20)25)27(34)28(22)36-31(37-30)43-15-21-7-6-11-38(21)3/h5,8-9,13-14,21H,1,6-7,10-12,15-18H2,2-4H3/t21-/m0/s1. The third kappa shape index (κ3) is 4.62. The Bertz CT molecular complexity index is 1780. The number of benzene rings is 2. The van der Waals surface area contributed by atoms with Gasteiger partial charge in [0.2, 0.25) is 5.91 Å². The maximum absolute atomic E-state index is 16.9. The summed E-state index contributed by atoms with van der Waals surface area (Å²) in [6.07, 6.45) is 6.18. The van der Waals surface area contributed by atoms with E-state index in [2.05, 4.69) is 33.5 Å². The molecular formula is C32H35ClFN7O2. The van der Waals surface area contributed by atoms with Crippen molar-refractivity contribution < 1.29 is 13.9 Å². The Labute approximate surface area is 254 Å². The average molecular weight is 604 g/mol. The quantitative estimate of drug-likeness (QED) is 0.288. The molecule has 0 N–H and O–H groups in total. The molecule has 7 rings (SSSR count). The number of aromatic nitrogens is 4. The zero-order chi connectivity index (χ0) is 30.0. The molecule has 224 valence electrons. The van der Waals surface area contributed by atoms with E-state index in [0.29, 0.717) is 48.6 Å². The molecule has 3 aliphatic rings. The minimum absolute atomic E-state index is 0.0297. The van der Waals surface area contributed by atoms with Crippen molar-refractivity contribution in [1.82, 2.24) is 29.5 Å². The number of carbonyl (C=O) groups excluding carboxylic acids is 1. The van der Waals surface area contributed by atoms with Crippen LogP contribution in [0.25, 0.3) is 32.9 Å². The molecule has 2 aromatic heterocycles. The number of carbonyl (C=O) groups is 1. The number of likely N-dealkylation sites (tertiary alicyclic amines) is 2. The molecule has 0 radical (unpaired) electrons. The van der Waals surface area contributed by atoms with Crippen LogP contribution >= 0.6 is 11.6 Å². The third-order valence-corrected chi connectivity index (χ3v) is 9.85. The number of aryl methyl sites for hydroxylation is 2. The summed E-state index contributed by atoms with van der Waals surface area (Å²) in [4.78, 5) is 27.9. The second-order valence-corrected chi connectivity index (χ2v) is 12.8. The van der Waals surface area contributed by atoms with Crippen LogP contribution in [-0.2, 0) is 11.8 Å². The van der Waals surface area contributed by atoms with Crippen LogP contribution in [0.3, 0.4) is 0 Å². The maximum Gasteiger partial charge on any atom is 0.319 e. The lowest BCUT2D eigenvalue weighted by atomic mass is 9.79. The second-order valence-electron chi connectivity index (χ2n) is 12.4. The Morgan fingerprint density at radius 3 is 2.77 bits per heavy atom. The van der Waals surface area contributed by atoms with Crippen molar-refractivity contribution in [2.75, 3.05) is 51.3 Å². The van der Waals surface area contributed by atoms with E-state index >= 15 is 4.39 Å². The van der Waals surface area contributed by atoms with Crippen LogP contribution < -0.4 is 9.64 Å². The maximum atomic E-state index is 16.9. The number of rotatable bonds is 6. The number of hydrogen-bond donors (Lipinski definition) is 0. The van der Waals surface area contributed by atoms with Gasteiger partial charge in [-0.05, 0) is 57.5 Å². The van der Waals surface area contributed by atoms with E-state index < -0.39 is 5.82 Å². The summed E-state index contributed by atoms with van der Waals surface area (Å²) in [6.45, 7) is 9.77. The summed E-state index contributed by atoms with van der Waals surface area (Å²) in [5, 5.41) is 6.14. The smallest absolute Gasteiger partial charge is 0.319 e. The molecule has 1 amide bonds. The van der Waals surface area contributed by atoms with E-state index in [9.17, 15) is 4.79 Å². The van der Waals surface area contributed by atoms with Gasteiger partial charge in [0.1, 0.15) is 17.9 Å². The first-order chi connectivity index (χ1) is 20.7. The zero-order valence-electron chi connectivity index (χ0n) is 24.7. The molecule has 4 aromatic rings. The first kappa shape index (κ1) is 28.0. The van der Waals surface area contributed by atoms with E-state index in [4.69, 9.17) is 21.3 Å². The molecule has 0 bridgehead atoms. The van der Waals surface area contributed by atoms with Crippen LogP contribution in [0.1, 0.15) is 24.8 Å². The highest BCUT2D eigenvalue weighted by molar-refractivity contribution is 6.35. The minimum Gasteiger partial charge on any atom is -0.462 e. The largest absolute Gasteiger partial charge is 0.462 e. The molecule has 3 fully saturated rings. The van der Waals surface area contributed by atoms with Crippen molar-refractivity contribution in [3.8, 4) is 17.1 Å². The highest BCUT2D eigenvalue weighted by Gasteiger charge is 2.49. The van der Waals surface area contributed by atoms with E-state index in [1.807, 2.05) is 31.0 Å². The number of fused-ring (bicyclic) bond motifs is 2. The van der Waals surface area contributed by atoms with Crippen LogP contribution in [0.15, 0.2) is 37.1 Å². The van der Waals surface area contributed by atoms with Crippen LogP contribution in [0.4, 0.5) is 10.2 Å². The van der Waals surface area contributed by atoms with Crippen molar-refractivity contribution in [3.63, 3.8) is 0 Å². The summed E-state index contributed by atoms with van der Waals surface area (Å²) >= 11 is 6.95. The van der Waals surface area contributed by atoms with Gasteiger partial charge in [0.15, 0.2) is 5.82 Å². The summed E-state index contributed by atoms with van der Waals surface area (Å²) in [6, 6.07) is 6.14. The Kier molecular flexibility index (Phi) is 6.81. The Morgan fingerprint density at radius 2 is 2.02 bits per heavy atom. The average Bonchev–Trinajstić information content (AvgIpc) is 3.70. The fourth-order valence-electron chi connectivity index (χ4n) is 7.16. The highest BCUT2D eigenvalue weighted by Crippen LogP contribution is 2.45. The number of nitrogens with zero attached hydrogens (tertiary/aromatic N) is 7. The fourth-order valence-corrected chi connectivity index (χ4v) is 7.45. The molecule has 0 aliphatic carbocycles. The molecule has 0 unspecified atom stereocenters. The molecule has 2 aromatic carbocycles. The molecule has 1 spiro atoms. The number of ether oxygens (including phenoxy) is 1. The van der Waals surface area contributed by atoms with Gasteiger partial charge >= 0.3 is 6.01 Å². The van der Waals surface area contributed by atoms with Gasteiger partial charge in [-0.15, -0.1) is 0 Å².